The smallest absolute Gasteiger partial charge is 0.217 e. The van der Waals surface area contributed by atoms with E-state index < -0.39 is 0 Å². The van der Waals surface area contributed by atoms with Gasteiger partial charge >= 0.3 is 0 Å². The molecule has 0 radical (unpaired) electrons. The molecule has 1 amide bonds. The molecule has 0 bridgehead atoms. The number of rotatable bonds is 1. The van der Waals surface area contributed by atoms with Crippen LogP contribution < -0.4 is 5.32 Å². The second-order valence-electron chi connectivity index (χ2n) is 2.22. The van der Waals surface area contributed by atoms with Gasteiger partial charge in [0, 0.05) is 25.8 Å². The zero-order valence-corrected chi connectivity index (χ0v) is 5.87. The quantitative estimate of drug-likeness (QED) is 0.562. The number of amides is 1. The van der Waals surface area contributed by atoms with E-state index >= 15 is 0 Å². The maximum atomic E-state index is 10.5. The summed E-state index contributed by atoms with van der Waals surface area (Å²) < 4.78 is 0. The molecule has 1 atom stereocenters. The Morgan fingerprint density at radius 1 is 1.80 bits per heavy atom. The molecule has 1 heterocycles. The molecule has 1 rings (SSSR count). The van der Waals surface area contributed by atoms with Crippen molar-refractivity contribution in [3.05, 3.63) is 12.3 Å². The summed E-state index contributed by atoms with van der Waals surface area (Å²) in [5, 5.41) is 2.76. The lowest BCUT2D eigenvalue weighted by Gasteiger charge is -2.12. The fraction of sp³-hybridized carbons (Fsp3) is 0.429. The summed E-state index contributed by atoms with van der Waals surface area (Å²) in [5.41, 5.74) is 0. The number of aliphatic imine (C=N–C) groups is 1. The maximum Gasteiger partial charge on any atom is 0.217 e. The SMILES string of the molecule is CC(=O)N[C@H]1C=CN=CC1. The molecule has 1 aliphatic heterocycles. The van der Waals surface area contributed by atoms with E-state index in [1.807, 2.05) is 6.08 Å². The first-order valence-corrected chi connectivity index (χ1v) is 3.24. The molecule has 0 aliphatic carbocycles. The number of nitrogens with one attached hydrogen (secondary N) is 1. The van der Waals surface area contributed by atoms with Gasteiger partial charge in [-0.2, -0.15) is 0 Å². The van der Waals surface area contributed by atoms with Crippen LogP contribution in [0, 0.1) is 0 Å². The highest BCUT2D eigenvalue weighted by molar-refractivity contribution is 5.74. The Morgan fingerprint density at radius 2 is 2.60 bits per heavy atom. The van der Waals surface area contributed by atoms with Crippen molar-refractivity contribution < 1.29 is 4.79 Å². The summed E-state index contributed by atoms with van der Waals surface area (Å²) in [6, 6.07) is 0.148. The zero-order chi connectivity index (χ0) is 7.40. The van der Waals surface area contributed by atoms with E-state index in [2.05, 4.69) is 10.3 Å². The molecule has 0 spiro atoms. The predicted molar refractivity (Wildman–Crippen MR) is 39.9 cm³/mol. The fourth-order valence-corrected chi connectivity index (χ4v) is 0.836. The van der Waals surface area contributed by atoms with Crippen LogP contribution in [0.1, 0.15) is 13.3 Å². The third kappa shape index (κ3) is 2.01. The van der Waals surface area contributed by atoms with Gasteiger partial charge in [-0.15, -0.1) is 0 Å². The molecule has 1 aliphatic rings. The van der Waals surface area contributed by atoms with Crippen LogP contribution in [0.5, 0.6) is 0 Å². The lowest BCUT2D eigenvalue weighted by Crippen LogP contribution is -2.32. The minimum atomic E-state index is 0.00458. The second kappa shape index (κ2) is 3.15. The molecule has 0 aromatic heterocycles. The first-order valence-electron chi connectivity index (χ1n) is 3.24. The topological polar surface area (TPSA) is 41.5 Å². The molecule has 0 saturated heterocycles. The Morgan fingerprint density at radius 3 is 3.10 bits per heavy atom. The van der Waals surface area contributed by atoms with Gasteiger partial charge in [0.1, 0.15) is 0 Å². The second-order valence-corrected chi connectivity index (χ2v) is 2.22. The largest absolute Gasteiger partial charge is 0.350 e. The maximum absolute atomic E-state index is 10.5. The molecule has 3 nitrogen and oxygen atoms in total. The average Bonchev–Trinajstić information content (AvgIpc) is 1.88. The monoisotopic (exact) mass is 138 g/mol. The van der Waals surface area contributed by atoms with Crippen molar-refractivity contribution in [3.63, 3.8) is 0 Å². The van der Waals surface area contributed by atoms with E-state index in [0.29, 0.717) is 0 Å². The van der Waals surface area contributed by atoms with E-state index in [-0.39, 0.29) is 11.9 Å². The van der Waals surface area contributed by atoms with Crippen LogP contribution in [0.4, 0.5) is 0 Å². The summed E-state index contributed by atoms with van der Waals surface area (Å²) in [7, 11) is 0. The van der Waals surface area contributed by atoms with Gasteiger partial charge in [0.2, 0.25) is 5.91 Å². The standard InChI is InChI=1S/C7H10N2O/c1-6(10)9-7-2-4-8-5-3-7/h2,4-5,7H,3H2,1H3,(H,9,10)/t7-/m0/s1. The third-order valence-electron chi connectivity index (χ3n) is 1.26. The summed E-state index contributed by atoms with van der Waals surface area (Å²) in [6.45, 7) is 1.51. The van der Waals surface area contributed by atoms with E-state index in [0.717, 1.165) is 6.42 Å². The molecule has 10 heavy (non-hydrogen) atoms. The van der Waals surface area contributed by atoms with Gasteiger partial charge in [0.15, 0.2) is 0 Å². The van der Waals surface area contributed by atoms with Gasteiger partial charge in [-0.3, -0.25) is 9.79 Å². The van der Waals surface area contributed by atoms with Crippen LogP contribution in [-0.2, 0) is 4.79 Å². The van der Waals surface area contributed by atoms with E-state index in [1.54, 1.807) is 12.4 Å². The molecule has 54 valence electrons. The van der Waals surface area contributed by atoms with Crippen LogP contribution in [0.3, 0.4) is 0 Å². The van der Waals surface area contributed by atoms with Crippen molar-refractivity contribution in [1.82, 2.24) is 5.32 Å². The Kier molecular flexibility index (Phi) is 2.20. The summed E-state index contributed by atoms with van der Waals surface area (Å²) in [5.74, 6) is 0.00458. The van der Waals surface area contributed by atoms with Crippen molar-refractivity contribution in [3.8, 4) is 0 Å². The molecule has 0 fully saturated rings. The van der Waals surface area contributed by atoms with Crippen LogP contribution in [0.2, 0.25) is 0 Å². The van der Waals surface area contributed by atoms with Gasteiger partial charge in [0.25, 0.3) is 0 Å². The highest BCUT2D eigenvalue weighted by Gasteiger charge is 2.05. The molecule has 0 aromatic carbocycles. The number of nitrogens with zero attached hydrogens (tertiary/aromatic N) is 1. The predicted octanol–water partition coefficient (Wildman–Crippen LogP) is 0.479. The van der Waals surface area contributed by atoms with Crippen molar-refractivity contribution in [2.45, 2.75) is 19.4 Å². The number of carbonyl (C=O) groups excluding carboxylic acids is 1. The van der Waals surface area contributed by atoms with E-state index in [1.165, 1.54) is 6.92 Å². The summed E-state index contributed by atoms with van der Waals surface area (Å²) in [4.78, 5) is 14.4. The van der Waals surface area contributed by atoms with Crippen LogP contribution in [0.25, 0.3) is 0 Å². The Balaban J connectivity index is 2.37. The summed E-state index contributed by atoms with van der Waals surface area (Å²) >= 11 is 0. The first kappa shape index (κ1) is 6.99. The van der Waals surface area contributed by atoms with Gasteiger partial charge in [-0.1, -0.05) is 0 Å². The number of carbonyl (C=O) groups is 1. The lowest BCUT2D eigenvalue weighted by molar-refractivity contribution is -0.119. The average molecular weight is 138 g/mol. The number of hydrogen-bond acceptors (Lipinski definition) is 2. The fourth-order valence-electron chi connectivity index (χ4n) is 0.836. The summed E-state index contributed by atoms with van der Waals surface area (Å²) in [6.07, 6.45) is 6.17. The van der Waals surface area contributed by atoms with Gasteiger partial charge in [-0.05, 0) is 6.08 Å². The van der Waals surface area contributed by atoms with Crippen molar-refractivity contribution in [2.75, 3.05) is 0 Å². The molecule has 0 saturated carbocycles. The minimum absolute atomic E-state index is 0.00458. The van der Waals surface area contributed by atoms with Crippen molar-refractivity contribution >= 4 is 12.1 Å². The lowest BCUT2D eigenvalue weighted by atomic mass is 10.2. The Hall–Kier alpha value is -1.12. The normalized spacial score (nSPS) is 22.7. The van der Waals surface area contributed by atoms with Gasteiger partial charge in [0.05, 0.1) is 6.04 Å². The highest BCUT2D eigenvalue weighted by Crippen LogP contribution is 1.97. The van der Waals surface area contributed by atoms with E-state index in [4.69, 9.17) is 0 Å². The zero-order valence-electron chi connectivity index (χ0n) is 5.87. The van der Waals surface area contributed by atoms with Crippen LogP contribution >= 0.6 is 0 Å². The Labute approximate surface area is 59.8 Å². The van der Waals surface area contributed by atoms with Gasteiger partial charge in [-0.25, -0.2) is 0 Å². The molecular formula is C7H10N2O. The highest BCUT2D eigenvalue weighted by atomic mass is 16.1. The molecule has 1 N–H and O–H groups in total. The van der Waals surface area contributed by atoms with Crippen molar-refractivity contribution in [2.24, 2.45) is 4.99 Å². The molecule has 0 unspecified atom stereocenters. The third-order valence-corrected chi connectivity index (χ3v) is 1.26. The molecule has 3 heteroatoms. The molecular weight excluding hydrogens is 128 g/mol. The van der Waals surface area contributed by atoms with Crippen LogP contribution in [0.15, 0.2) is 17.3 Å². The van der Waals surface area contributed by atoms with Crippen molar-refractivity contribution in [1.29, 1.82) is 0 Å². The van der Waals surface area contributed by atoms with Crippen LogP contribution in [-0.4, -0.2) is 18.2 Å². The van der Waals surface area contributed by atoms with E-state index in [9.17, 15) is 4.79 Å². The number of hydrogen-bond donors (Lipinski definition) is 1. The Bertz CT molecular complexity index is 184. The molecule has 0 aromatic rings. The van der Waals surface area contributed by atoms with Gasteiger partial charge < -0.3 is 5.32 Å². The minimum Gasteiger partial charge on any atom is -0.350 e. The first-order chi connectivity index (χ1) is 4.79.